The zero-order valence-corrected chi connectivity index (χ0v) is 21.4. The minimum Gasteiger partial charge on any atom is -0.444 e. The number of rotatable bonds is 5. The summed E-state index contributed by atoms with van der Waals surface area (Å²) in [6, 6.07) is 5.67. The van der Waals surface area contributed by atoms with Gasteiger partial charge in [-0.15, -0.1) is 0 Å². The topological polar surface area (TPSA) is 70.7 Å². The fourth-order valence-corrected chi connectivity index (χ4v) is 7.54. The highest BCUT2D eigenvalue weighted by molar-refractivity contribution is 6.34. The number of carbonyl (C=O) groups excluding carboxylic acids is 2. The predicted octanol–water partition coefficient (Wildman–Crippen LogP) is 5.39. The normalized spacial score (nSPS) is 32.1. The minimum atomic E-state index is -0.517. The summed E-state index contributed by atoms with van der Waals surface area (Å²) in [5, 5.41) is 6.70. The number of hydrogen-bond acceptors (Lipinski definition) is 4. The van der Waals surface area contributed by atoms with Gasteiger partial charge in [0.15, 0.2) is 0 Å². The summed E-state index contributed by atoms with van der Waals surface area (Å²) in [6.45, 7) is 7.82. The number of alkyl carbamates (subject to hydrolysis) is 1. The van der Waals surface area contributed by atoms with E-state index in [4.69, 9.17) is 16.3 Å². The first kappa shape index (κ1) is 23.8. The van der Waals surface area contributed by atoms with E-state index in [9.17, 15) is 9.59 Å². The van der Waals surface area contributed by atoms with Crippen LogP contribution in [0.3, 0.4) is 0 Å². The molecule has 0 aromatic heterocycles. The Bertz CT molecular complexity index is 922. The summed E-state index contributed by atoms with van der Waals surface area (Å²) in [4.78, 5) is 27.5. The summed E-state index contributed by atoms with van der Waals surface area (Å²) in [7, 11) is 0. The number of nitrogens with zero attached hydrogens (tertiary/aromatic N) is 1. The summed E-state index contributed by atoms with van der Waals surface area (Å²) >= 11 is 6.46. The third-order valence-corrected chi connectivity index (χ3v) is 8.59. The summed E-state index contributed by atoms with van der Waals surface area (Å²) < 4.78 is 5.38. The number of carbonyl (C=O) groups is 2. The maximum Gasteiger partial charge on any atom is 0.407 e. The SMILES string of the molecule is CC(C)(C)OC(=O)NC1CCN(c2ccc(Cl)c(C(=O)NCC34CC5CC(CC(C5)C3)C4)c2)C1. The number of anilines is 1. The lowest BCUT2D eigenvalue weighted by molar-refractivity contribution is -0.0503. The van der Waals surface area contributed by atoms with Gasteiger partial charge in [-0.2, -0.15) is 0 Å². The van der Waals surface area contributed by atoms with Crippen LogP contribution in [0.4, 0.5) is 10.5 Å². The van der Waals surface area contributed by atoms with Crippen LogP contribution in [0.5, 0.6) is 0 Å². The van der Waals surface area contributed by atoms with Gasteiger partial charge >= 0.3 is 6.09 Å². The molecule has 1 aromatic carbocycles. The number of benzene rings is 1. The van der Waals surface area contributed by atoms with Crippen molar-refractivity contribution in [3.8, 4) is 0 Å². The van der Waals surface area contributed by atoms with Gasteiger partial charge < -0.3 is 20.3 Å². The Morgan fingerprint density at radius 1 is 1.12 bits per heavy atom. The van der Waals surface area contributed by atoms with Gasteiger partial charge in [0.25, 0.3) is 5.91 Å². The molecule has 1 heterocycles. The zero-order chi connectivity index (χ0) is 24.1. The predicted molar refractivity (Wildman–Crippen MR) is 134 cm³/mol. The summed E-state index contributed by atoms with van der Waals surface area (Å²) in [5.74, 6) is 2.53. The van der Waals surface area contributed by atoms with Crippen molar-refractivity contribution in [2.45, 2.75) is 77.4 Å². The lowest BCUT2D eigenvalue weighted by atomic mass is 9.49. The molecule has 5 aliphatic rings. The van der Waals surface area contributed by atoms with E-state index in [0.29, 0.717) is 22.5 Å². The first-order chi connectivity index (χ1) is 16.1. The van der Waals surface area contributed by atoms with Gasteiger partial charge in [-0.1, -0.05) is 11.6 Å². The van der Waals surface area contributed by atoms with E-state index in [-0.39, 0.29) is 18.0 Å². The van der Waals surface area contributed by atoms with Crippen molar-refractivity contribution < 1.29 is 14.3 Å². The van der Waals surface area contributed by atoms with E-state index >= 15 is 0 Å². The number of hydrogen-bond donors (Lipinski definition) is 2. The molecule has 4 aliphatic carbocycles. The molecule has 6 rings (SSSR count). The first-order valence-electron chi connectivity index (χ1n) is 12.9. The minimum absolute atomic E-state index is 0.0129. The van der Waals surface area contributed by atoms with Gasteiger partial charge in [0.1, 0.15) is 5.60 Å². The monoisotopic (exact) mass is 487 g/mol. The third kappa shape index (κ3) is 5.17. The molecule has 5 fully saturated rings. The van der Waals surface area contributed by atoms with Crippen LogP contribution in [0.2, 0.25) is 5.02 Å². The maximum absolute atomic E-state index is 13.2. The van der Waals surface area contributed by atoms with Crippen LogP contribution in [-0.4, -0.2) is 43.3 Å². The number of halogens is 1. The van der Waals surface area contributed by atoms with Crippen molar-refractivity contribution in [1.29, 1.82) is 0 Å². The second kappa shape index (κ2) is 8.92. The summed E-state index contributed by atoms with van der Waals surface area (Å²) in [5.41, 5.74) is 1.27. The van der Waals surface area contributed by atoms with E-state index in [2.05, 4.69) is 15.5 Å². The van der Waals surface area contributed by atoms with Crippen LogP contribution in [0.1, 0.15) is 76.1 Å². The molecule has 0 radical (unpaired) electrons. The van der Waals surface area contributed by atoms with E-state index in [1.165, 1.54) is 38.5 Å². The van der Waals surface area contributed by atoms with Crippen LogP contribution >= 0.6 is 11.6 Å². The van der Waals surface area contributed by atoms with Crippen LogP contribution in [0, 0.1) is 23.2 Å². The first-order valence-corrected chi connectivity index (χ1v) is 13.3. The molecular formula is C27H38ClN3O3. The van der Waals surface area contributed by atoms with E-state index in [0.717, 1.165) is 43.0 Å². The Morgan fingerprint density at radius 3 is 2.38 bits per heavy atom. The molecule has 1 aromatic rings. The number of ether oxygens (including phenoxy) is 1. The van der Waals surface area contributed by atoms with Crippen molar-refractivity contribution >= 4 is 29.3 Å². The molecule has 1 saturated heterocycles. The highest BCUT2D eigenvalue weighted by atomic mass is 35.5. The maximum atomic E-state index is 13.2. The Hall–Kier alpha value is -1.95. The molecule has 7 heteroatoms. The zero-order valence-electron chi connectivity index (χ0n) is 20.7. The highest BCUT2D eigenvalue weighted by Gasteiger charge is 2.50. The Balaban J connectivity index is 1.19. The van der Waals surface area contributed by atoms with Gasteiger partial charge in [-0.05, 0) is 107 Å². The van der Waals surface area contributed by atoms with Crippen molar-refractivity contribution in [3.63, 3.8) is 0 Å². The Kier molecular flexibility index (Phi) is 6.24. The largest absolute Gasteiger partial charge is 0.444 e. The van der Waals surface area contributed by atoms with Gasteiger partial charge in [0, 0.05) is 25.3 Å². The molecule has 186 valence electrons. The van der Waals surface area contributed by atoms with Crippen molar-refractivity contribution in [1.82, 2.24) is 10.6 Å². The number of nitrogens with one attached hydrogen (secondary N) is 2. The lowest BCUT2D eigenvalue weighted by Crippen LogP contribution is -2.51. The molecule has 4 bridgehead atoms. The average molecular weight is 488 g/mol. The fourth-order valence-electron chi connectivity index (χ4n) is 7.34. The van der Waals surface area contributed by atoms with Crippen LogP contribution in [-0.2, 0) is 4.74 Å². The molecule has 2 amide bonds. The third-order valence-electron chi connectivity index (χ3n) is 8.26. The van der Waals surface area contributed by atoms with Crippen LogP contribution in [0.25, 0.3) is 0 Å². The van der Waals surface area contributed by atoms with Gasteiger partial charge in [-0.25, -0.2) is 4.79 Å². The standard InChI is InChI=1S/C27H38ClN3O3/c1-26(2,3)34-25(33)30-20-6-7-31(15-20)21-4-5-23(28)22(11-21)24(32)29-16-27-12-17-8-18(13-27)10-19(9-17)14-27/h4-5,11,17-20H,6-10,12-16H2,1-3H3,(H,29,32)(H,30,33). The number of amides is 2. The van der Waals surface area contributed by atoms with Crippen molar-refractivity contribution in [2.75, 3.05) is 24.5 Å². The van der Waals surface area contributed by atoms with E-state index in [1.54, 1.807) is 0 Å². The molecule has 0 spiro atoms. The molecule has 6 nitrogen and oxygen atoms in total. The smallest absolute Gasteiger partial charge is 0.407 e. The molecule has 4 saturated carbocycles. The van der Waals surface area contributed by atoms with E-state index in [1.807, 2.05) is 39.0 Å². The second-order valence-electron chi connectivity index (χ2n) is 12.3. The van der Waals surface area contributed by atoms with Gasteiger partial charge in [0.2, 0.25) is 0 Å². The molecule has 1 atom stereocenters. The molecule has 1 unspecified atom stereocenters. The molecular weight excluding hydrogens is 450 g/mol. The Morgan fingerprint density at radius 2 is 1.76 bits per heavy atom. The second-order valence-corrected chi connectivity index (χ2v) is 12.7. The summed E-state index contributed by atoms with van der Waals surface area (Å²) in [6.07, 6.45) is 8.46. The Labute approximate surface area is 208 Å². The van der Waals surface area contributed by atoms with Crippen LogP contribution in [0.15, 0.2) is 18.2 Å². The van der Waals surface area contributed by atoms with Gasteiger partial charge in [-0.3, -0.25) is 4.79 Å². The molecule has 1 aliphatic heterocycles. The fraction of sp³-hybridized carbons (Fsp3) is 0.704. The van der Waals surface area contributed by atoms with Crippen LogP contribution < -0.4 is 15.5 Å². The van der Waals surface area contributed by atoms with Gasteiger partial charge in [0.05, 0.1) is 16.6 Å². The lowest BCUT2D eigenvalue weighted by Gasteiger charge is -2.56. The van der Waals surface area contributed by atoms with E-state index < -0.39 is 5.60 Å². The highest BCUT2D eigenvalue weighted by Crippen LogP contribution is 2.59. The average Bonchev–Trinajstić information content (AvgIpc) is 3.18. The van der Waals surface area contributed by atoms with Crippen molar-refractivity contribution in [3.05, 3.63) is 28.8 Å². The van der Waals surface area contributed by atoms with Crippen molar-refractivity contribution in [2.24, 2.45) is 23.2 Å². The molecule has 2 N–H and O–H groups in total. The quantitative estimate of drug-likeness (QED) is 0.584. The molecule has 34 heavy (non-hydrogen) atoms.